The van der Waals surface area contributed by atoms with Crippen molar-refractivity contribution in [3.63, 3.8) is 0 Å². The average molecular weight is 491 g/mol. The number of carbonyl (C=O) groups is 2. The largest absolute Gasteiger partial charge is 0.352 e. The Labute approximate surface area is 207 Å². The molecule has 0 unspecified atom stereocenters. The van der Waals surface area contributed by atoms with Crippen molar-refractivity contribution in [1.29, 1.82) is 0 Å². The summed E-state index contributed by atoms with van der Waals surface area (Å²) >= 11 is 0. The summed E-state index contributed by atoms with van der Waals surface area (Å²) in [6.07, 6.45) is 0.944. The third kappa shape index (κ3) is 5.86. The van der Waals surface area contributed by atoms with Gasteiger partial charge in [0, 0.05) is 31.1 Å². The van der Waals surface area contributed by atoms with Crippen LogP contribution in [0.2, 0.25) is 0 Å². The number of amides is 1. The highest BCUT2D eigenvalue weighted by Crippen LogP contribution is 2.25. The van der Waals surface area contributed by atoms with Gasteiger partial charge in [0.05, 0.1) is 4.90 Å². The summed E-state index contributed by atoms with van der Waals surface area (Å²) in [6, 6.07) is 22.4. The molecule has 182 valence electrons. The molecule has 0 bridgehead atoms. The van der Waals surface area contributed by atoms with Crippen LogP contribution < -0.4 is 5.32 Å². The van der Waals surface area contributed by atoms with Crippen LogP contribution in [0.25, 0.3) is 11.1 Å². The van der Waals surface area contributed by atoms with Gasteiger partial charge in [-0.1, -0.05) is 60.2 Å². The summed E-state index contributed by atoms with van der Waals surface area (Å²) in [7, 11) is -3.65. The van der Waals surface area contributed by atoms with E-state index in [9.17, 15) is 18.0 Å². The van der Waals surface area contributed by atoms with Crippen LogP contribution in [0.15, 0.2) is 77.7 Å². The van der Waals surface area contributed by atoms with Gasteiger partial charge in [-0.25, -0.2) is 8.42 Å². The lowest BCUT2D eigenvalue weighted by Crippen LogP contribution is -2.42. The molecule has 4 rings (SSSR count). The first-order valence-electron chi connectivity index (χ1n) is 11.8. The van der Waals surface area contributed by atoms with Crippen LogP contribution >= 0.6 is 0 Å². The number of aryl methyl sites for hydroxylation is 1. The highest BCUT2D eigenvalue weighted by molar-refractivity contribution is 7.89. The van der Waals surface area contributed by atoms with Crippen LogP contribution in [0.3, 0.4) is 0 Å². The number of benzene rings is 3. The van der Waals surface area contributed by atoms with Gasteiger partial charge in [0.25, 0.3) is 0 Å². The van der Waals surface area contributed by atoms with Crippen LogP contribution in [0, 0.1) is 12.8 Å². The molecule has 0 radical (unpaired) electrons. The molecule has 0 spiro atoms. The molecular weight excluding hydrogens is 460 g/mol. The predicted molar refractivity (Wildman–Crippen MR) is 136 cm³/mol. The molecule has 0 atom stereocenters. The first-order valence-corrected chi connectivity index (χ1v) is 13.2. The van der Waals surface area contributed by atoms with E-state index < -0.39 is 10.0 Å². The van der Waals surface area contributed by atoms with E-state index in [4.69, 9.17) is 0 Å². The second-order valence-electron chi connectivity index (χ2n) is 9.05. The smallest absolute Gasteiger partial charge is 0.243 e. The number of sulfonamides is 1. The Bertz CT molecular complexity index is 1330. The molecule has 1 aliphatic rings. The standard InChI is InChI=1S/C28H30N2O4S/c1-20-5-3-7-25(17-20)26-8-4-6-22(18-26)19-29-28(32)24-13-15-30(16-14-24)35(33,34)27-11-9-23(10-12-27)21(2)31/h3-12,17-18,24H,13-16,19H2,1-2H3,(H,29,32). The van der Waals surface area contributed by atoms with Gasteiger partial charge >= 0.3 is 0 Å². The molecular formula is C28H30N2O4S. The monoisotopic (exact) mass is 490 g/mol. The molecule has 0 saturated carbocycles. The second-order valence-corrected chi connectivity index (χ2v) is 11.0. The van der Waals surface area contributed by atoms with Crippen molar-refractivity contribution in [3.8, 4) is 11.1 Å². The number of hydrogen-bond donors (Lipinski definition) is 1. The molecule has 0 aromatic heterocycles. The first kappa shape index (κ1) is 24.8. The number of nitrogens with zero attached hydrogens (tertiary/aromatic N) is 1. The molecule has 3 aromatic carbocycles. The fourth-order valence-corrected chi connectivity index (χ4v) is 5.86. The number of hydrogen-bond acceptors (Lipinski definition) is 4. The topological polar surface area (TPSA) is 83.6 Å². The van der Waals surface area contributed by atoms with Gasteiger partial charge in [-0.2, -0.15) is 4.31 Å². The quantitative estimate of drug-likeness (QED) is 0.492. The Morgan fingerprint density at radius 2 is 1.54 bits per heavy atom. The number of rotatable bonds is 7. The number of carbonyl (C=O) groups excluding carboxylic acids is 2. The van der Waals surface area contributed by atoms with Gasteiger partial charge in [-0.3, -0.25) is 9.59 Å². The molecule has 1 saturated heterocycles. The Balaban J connectivity index is 1.32. The van der Waals surface area contributed by atoms with E-state index in [0.29, 0.717) is 24.9 Å². The molecule has 1 amide bonds. The van der Waals surface area contributed by atoms with E-state index >= 15 is 0 Å². The summed E-state index contributed by atoms with van der Waals surface area (Å²) in [6.45, 7) is 4.52. The van der Waals surface area contributed by atoms with Crippen molar-refractivity contribution in [1.82, 2.24) is 9.62 Å². The molecule has 6 nitrogen and oxygen atoms in total. The van der Waals surface area contributed by atoms with Crippen molar-refractivity contribution in [2.24, 2.45) is 5.92 Å². The van der Waals surface area contributed by atoms with E-state index in [1.165, 1.54) is 41.1 Å². The summed E-state index contributed by atoms with van der Waals surface area (Å²) in [5, 5.41) is 3.02. The summed E-state index contributed by atoms with van der Waals surface area (Å²) < 4.78 is 27.4. The molecule has 1 heterocycles. The third-order valence-corrected chi connectivity index (χ3v) is 8.38. The minimum atomic E-state index is -3.65. The van der Waals surface area contributed by atoms with Gasteiger partial charge in [-0.15, -0.1) is 0 Å². The molecule has 35 heavy (non-hydrogen) atoms. The van der Waals surface area contributed by atoms with E-state index in [-0.39, 0.29) is 35.6 Å². The number of ketones is 1. The lowest BCUT2D eigenvalue weighted by Gasteiger charge is -2.30. The highest BCUT2D eigenvalue weighted by Gasteiger charge is 2.32. The van der Waals surface area contributed by atoms with Gasteiger partial charge in [0.2, 0.25) is 15.9 Å². The van der Waals surface area contributed by atoms with Gasteiger partial charge in [-0.05, 0) is 61.6 Å². The SMILES string of the molecule is CC(=O)c1ccc(S(=O)(=O)N2CCC(C(=O)NCc3cccc(-c4cccc(C)c4)c3)CC2)cc1. The van der Waals surface area contributed by atoms with Crippen LogP contribution in [0.5, 0.6) is 0 Å². The Kier molecular flexibility index (Phi) is 7.48. The lowest BCUT2D eigenvalue weighted by molar-refractivity contribution is -0.126. The third-order valence-electron chi connectivity index (χ3n) is 6.47. The molecule has 0 aliphatic carbocycles. The van der Waals surface area contributed by atoms with Crippen LogP contribution in [-0.4, -0.2) is 37.5 Å². The lowest BCUT2D eigenvalue weighted by atomic mass is 9.97. The van der Waals surface area contributed by atoms with E-state index in [1.54, 1.807) is 0 Å². The maximum absolute atomic E-state index is 13.0. The van der Waals surface area contributed by atoms with Crippen molar-refractivity contribution in [3.05, 3.63) is 89.5 Å². The Morgan fingerprint density at radius 1 is 0.914 bits per heavy atom. The van der Waals surface area contributed by atoms with Crippen LogP contribution in [-0.2, 0) is 21.4 Å². The van der Waals surface area contributed by atoms with Crippen LogP contribution in [0.1, 0.15) is 41.3 Å². The maximum Gasteiger partial charge on any atom is 0.243 e. The number of Topliss-reactive ketones (excluding diaryl/α,β-unsaturated/α-hetero) is 1. The first-order chi connectivity index (χ1) is 16.7. The number of nitrogens with one attached hydrogen (secondary N) is 1. The minimum Gasteiger partial charge on any atom is -0.352 e. The average Bonchev–Trinajstić information content (AvgIpc) is 2.87. The maximum atomic E-state index is 13.0. The van der Waals surface area contributed by atoms with Gasteiger partial charge in [0.1, 0.15) is 0 Å². The summed E-state index contributed by atoms with van der Waals surface area (Å²) in [4.78, 5) is 24.4. The number of piperidine rings is 1. The molecule has 1 fully saturated rings. The zero-order chi connectivity index (χ0) is 25.0. The highest BCUT2D eigenvalue weighted by atomic mass is 32.2. The molecule has 1 aliphatic heterocycles. The fraction of sp³-hybridized carbons (Fsp3) is 0.286. The summed E-state index contributed by atoms with van der Waals surface area (Å²) in [5.74, 6) is -0.377. The fourth-order valence-electron chi connectivity index (χ4n) is 4.39. The van der Waals surface area contributed by atoms with Crippen LogP contribution in [0.4, 0.5) is 0 Å². The minimum absolute atomic E-state index is 0.0474. The van der Waals surface area contributed by atoms with Crippen molar-refractivity contribution >= 4 is 21.7 Å². The van der Waals surface area contributed by atoms with E-state index in [2.05, 4.69) is 42.6 Å². The van der Waals surface area contributed by atoms with Crippen molar-refractivity contribution in [2.45, 2.75) is 38.1 Å². The van der Waals surface area contributed by atoms with Gasteiger partial charge < -0.3 is 5.32 Å². The zero-order valence-corrected chi connectivity index (χ0v) is 20.8. The molecule has 3 aromatic rings. The normalized spacial score (nSPS) is 15.0. The second kappa shape index (κ2) is 10.5. The van der Waals surface area contributed by atoms with E-state index in [0.717, 1.165) is 16.7 Å². The van der Waals surface area contributed by atoms with Crippen molar-refractivity contribution < 1.29 is 18.0 Å². The van der Waals surface area contributed by atoms with Crippen molar-refractivity contribution in [2.75, 3.05) is 13.1 Å². The molecule has 1 N–H and O–H groups in total. The predicted octanol–water partition coefficient (Wildman–Crippen LogP) is 4.58. The Hall–Kier alpha value is -3.29. The Morgan fingerprint density at radius 3 is 2.17 bits per heavy atom. The van der Waals surface area contributed by atoms with Gasteiger partial charge in [0.15, 0.2) is 5.78 Å². The summed E-state index contributed by atoms with van der Waals surface area (Å²) in [5.41, 5.74) is 4.94. The molecule has 7 heteroatoms. The zero-order valence-electron chi connectivity index (χ0n) is 20.0. The van der Waals surface area contributed by atoms with E-state index in [1.807, 2.05) is 18.2 Å².